The van der Waals surface area contributed by atoms with E-state index in [9.17, 15) is 9.18 Å². The molecule has 0 saturated carbocycles. The molecule has 0 aliphatic rings. The molecule has 0 N–H and O–H groups in total. The maximum Gasteiger partial charge on any atom is 0.509 e. The lowest BCUT2D eigenvalue weighted by Crippen LogP contribution is -2.43. The molecule has 2 aromatic heterocycles. The van der Waals surface area contributed by atoms with Crippen LogP contribution in [-0.2, 0) is 21.6 Å². The predicted molar refractivity (Wildman–Crippen MR) is 127 cm³/mol. The Kier molecular flexibility index (Phi) is 7.36. The van der Waals surface area contributed by atoms with Gasteiger partial charge in [-0.2, -0.15) is 10.4 Å². The van der Waals surface area contributed by atoms with Crippen molar-refractivity contribution in [3.8, 4) is 17.3 Å². The van der Waals surface area contributed by atoms with E-state index < -0.39 is 29.3 Å². The van der Waals surface area contributed by atoms with E-state index in [0.717, 1.165) is 17.7 Å². The Morgan fingerprint density at radius 3 is 2.67 bits per heavy atom. The number of thiazole rings is 1. The molecule has 4 rings (SSSR count). The number of halogens is 2. The number of carbonyl (C=O) groups is 1. The van der Waals surface area contributed by atoms with Gasteiger partial charge in [-0.1, -0.05) is 19.1 Å². The van der Waals surface area contributed by atoms with Crippen LogP contribution in [0.2, 0.25) is 0 Å². The Bertz CT molecular complexity index is 1390. The number of ether oxygens (including phenoxy) is 2. The third kappa shape index (κ3) is 5.08. The first-order chi connectivity index (χ1) is 17.4. The minimum absolute atomic E-state index is 0.0403. The van der Waals surface area contributed by atoms with Gasteiger partial charge in [0.05, 0.1) is 36.4 Å². The van der Waals surface area contributed by atoms with Crippen LogP contribution in [0.4, 0.5) is 13.6 Å². The molecule has 0 amide bonds. The first-order valence-corrected chi connectivity index (χ1v) is 11.8. The summed E-state index contributed by atoms with van der Waals surface area (Å²) < 4.78 is 41.4. The van der Waals surface area contributed by atoms with E-state index in [0.29, 0.717) is 16.3 Å². The second-order valence-corrected chi connectivity index (χ2v) is 8.76. The zero-order chi connectivity index (χ0) is 25.7. The van der Waals surface area contributed by atoms with Gasteiger partial charge in [0, 0.05) is 22.6 Å². The van der Waals surface area contributed by atoms with Gasteiger partial charge in [-0.25, -0.2) is 28.2 Å². The van der Waals surface area contributed by atoms with Gasteiger partial charge in [0.25, 0.3) is 0 Å². The highest BCUT2D eigenvalue weighted by Crippen LogP contribution is 2.44. The summed E-state index contributed by atoms with van der Waals surface area (Å²) in [5, 5.41) is 15.5. The number of hydrogen-bond acceptors (Lipinski definition) is 8. The van der Waals surface area contributed by atoms with Gasteiger partial charge in [-0.3, -0.25) is 0 Å². The molecule has 2 unspecified atom stereocenters. The molecule has 2 aromatic carbocycles. The van der Waals surface area contributed by atoms with Crippen molar-refractivity contribution in [2.75, 3.05) is 6.61 Å². The van der Waals surface area contributed by atoms with E-state index in [4.69, 9.17) is 19.7 Å². The topological polar surface area (TPSA) is 103 Å². The standard InChI is InChI=1S/C25H21F2N5O3S/c1-3-34-24(33)35-25(13-32-15-29-14-30-32,20-9-8-19(26)10-21(20)27)16(2)23-31-22(12-36-23)18-6-4-17(11-28)5-7-18/h4-10,12,14-16H,3,13H2,1-2H3. The summed E-state index contributed by atoms with van der Waals surface area (Å²) in [4.78, 5) is 21.3. The minimum Gasteiger partial charge on any atom is -0.435 e. The summed E-state index contributed by atoms with van der Waals surface area (Å²) in [6.45, 7) is 3.26. The van der Waals surface area contributed by atoms with Gasteiger partial charge in [-0.05, 0) is 31.2 Å². The van der Waals surface area contributed by atoms with Gasteiger partial charge >= 0.3 is 6.16 Å². The normalized spacial score (nSPS) is 13.4. The highest BCUT2D eigenvalue weighted by Gasteiger charge is 2.47. The lowest BCUT2D eigenvalue weighted by molar-refractivity contribution is -0.0650. The lowest BCUT2D eigenvalue weighted by Gasteiger charge is -2.37. The van der Waals surface area contributed by atoms with Crippen LogP contribution in [0.25, 0.3) is 11.3 Å². The molecule has 11 heteroatoms. The van der Waals surface area contributed by atoms with Crippen LogP contribution < -0.4 is 0 Å². The summed E-state index contributed by atoms with van der Waals surface area (Å²) >= 11 is 1.30. The molecule has 2 atom stereocenters. The molecule has 184 valence electrons. The van der Waals surface area contributed by atoms with E-state index in [1.54, 1.807) is 38.1 Å². The van der Waals surface area contributed by atoms with Crippen LogP contribution in [0.5, 0.6) is 0 Å². The summed E-state index contributed by atoms with van der Waals surface area (Å²) in [6.07, 6.45) is 1.69. The summed E-state index contributed by atoms with van der Waals surface area (Å²) in [7, 11) is 0. The van der Waals surface area contributed by atoms with E-state index in [1.807, 2.05) is 5.38 Å². The Labute approximate surface area is 209 Å². The van der Waals surface area contributed by atoms with Gasteiger partial charge in [0.15, 0.2) is 5.60 Å². The monoisotopic (exact) mass is 509 g/mol. The SMILES string of the molecule is CCOC(=O)OC(Cn1cncn1)(c1ccc(F)cc1F)C(C)c1nc(-c2ccc(C#N)cc2)cs1. The van der Waals surface area contributed by atoms with Crippen LogP contribution in [0.1, 0.15) is 35.9 Å². The number of benzene rings is 2. The van der Waals surface area contributed by atoms with Crippen molar-refractivity contribution in [1.29, 1.82) is 5.26 Å². The fourth-order valence-corrected chi connectivity index (χ4v) is 4.82. The first-order valence-electron chi connectivity index (χ1n) is 11.0. The molecule has 0 bridgehead atoms. The van der Waals surface area contributed by atoms with Crippen LogP contribution in [0.3, 0.4) is 0 Å². The van der Waals surface area contributed by atoms with Crippen molar-refractivity contribution in [3.05, 3.63) is 88.3 Å². The van der Waals surface area contributed by atoms with Crippen LogP contribution in [0, 0.1) is 23.0 Å². The largest absolute Gasteiger partial charge is 0.509 e. The molecule has 0 aliphatic carbocycles. The molecule has 0 saturated heterocycles. The Morgan fingerprint density at radius 1 is 1.25 bits per heavy atom. The number of hydrogen-bond donors (Lipinski definition) is 0. The van der Waals surface area contributed by atoms with Crippen LogP contribution in [0.15, 0.2) is 60.5 Å². The van der Waals surface area contributed by atoms with Crippen molar-refractivity contribution < 1.29 is 23.0 Å². The average Bonchev–Trinajstić information content (AvgIpc) is 3.56. The third-order valence-electron chi connectivity index (χ3n) is 5.68. The quantitative estimate of drug-likeness (QED) is 0.292. The highest BCUT2D eigenvalue weighted by atomic mass is 32.1. The van der Waals surface area contributed by atoms with E-state index in [-0.39, 0.29) is 18.7 Å². The smallest absolute Gasteiger partial charge is 0.435 e. The first kappa shape index (κ1) is 24.9. The fourth-order valence-electron chi connectivity index (χ4n) is 3.85. The van der Waals surface area contributed by atoms with Crippen LogP contribution in [-0.4, -0.2) is 32.5 Å². The fraction of sp³-hybridized carbons (Fsp3) is 0.240. The number of nitriles is 1. The molecule has 0 radical (unpaired) electrons. The molecule has 36 heavy (non-hydrogen) atoms. The van der Waals surface area contributed by atoms with E-state index in [2.05, 4.69) is 16.2 Å². The Hall–Kier alpha value is -4.17. The molecular weight excluding hydrogens is 488 g/mol. The Morgan fingerprint density at radius 2 is 2.03 bits per heavy atom. The van der Waals surface area contributed by atoms with E-state index in [1.165, 1.54) is 34.7 Å². The van der Waals surface area contributed by atoms with Gasteiger partial charge in [0.2, 0.25) is 0 Å². The van der Waals surface area contributed by atoms with Gasteiger partial charge < -0.3 is 9.47 Å². The second-order valence-electron chi connectivity index (χ2n) is 7.87. The predicted octanol–water partition coefficient (Wildman–Crippen LogP) is 5.42. The number of carbonyl (C=O) groups excluding carboxylic acids is 1. The summed E-state index contributed by atoms with van der Waals surface area (Å²) in [6, 6.07) is 12.1. The minimum atomic E-state index is -1.71. The van der Waals surface area contributed by atoms with Crippen LogP contribution >= 0.6 is 11.3 Å². The third-order valence-corrected chi connectivity index (χ3v) is 6.71. The summed E-state index contributed by atoms with van der Waals surface area (Å²) in [5.74, 6) is -2.38. The molecule has 2 heterocycles. The molecule has 8 nitrogen and oxygen atoms in total. The molecule has 0 fully saturated rings. The highest BCUT2D eigenvalue weighted by molar-refractivity contribution is 7.10. The number of rotatable bonds is 8. The molecule has 0 spiro atoms. The van der Waals surface area contributed by atoms with Gasteiger partial charge in [0.1, 0.15) is 29.3 Å². The number of aromatic nitrogens is 4. The van der Waals surface area contributed by atoms with Crippen molar-refractivity contribution >= 4 is 17.5 Å². The Balaban J connectivity index is 1.83. The number of nitrogens with zero attached hydrogens (tertiary/aromatic N) is 5. The van der Waals surface area contributed by atoms with Crippen molar-refractivity contribution in [3.63, 3.8) is 0 Å². The zero-order valence-corrected chi connectivity index (χ0v) is 20.2. The van der Waals surface area contributed by atoms with Crippen molar-refractivity contribution in [2.24, 2.45) is 0 Å². The zero-order valence-electron chi connectivity index (χ0n) is 19.4. The van der Waals surface area contributed by atoms with Crippen molar-refractivity contribution in [1.82, 2.24) is 19.7 Å². The second kappa shape index (κ2) is 10.6. The average molecular weight is 510 g/mol. The molecule has 4 aromatic rings. The maximum atomic E-state index is 15.3. The summed E-state index contributed by atoms with van der Waals surface area (Å²) in [5.41, 5.74) is 0.165. The molecule has 0 aliphatic heterocycles. The van der Waals surface area contributed by atoms with Crippen molar-refractivity contribution in [2.45, 2.75) is 31.9 Å². The molecular formula is C25H21F2N5O3S. The van der Waals surface area contributed by atoms with E-state index >= 15 is 4.39 Å². The lowest BCUT2D eigenvalue weighted by atomic mass is 9.81. The maximum absolute atomic E-state index is 15.3. The van der Waals surface area contributed by atoms with Gasteiger partial charge in [-0.15, -0.1) is 11.3 Å².